The van der Waals surface area contributed by atoms with Crippen LogP contribution < -0.4 is 20.4 Å². The minimum Gasteiger partial charge on any atom is -0.450 e. The number of ether oxygens (including phenoxy) is 2. The first-order valence-electron chi connectivity index (χ1n) is 13.7. The SMILES string of the molecule is CCOC(=O)NC[C@H]1CN(c2cc(F)c(N3CCN(C(=O)[C@@H](NC(=O)c4cccnc4)C(C)C)CC3)c(F)c2)C(=O)O1. The number of carbonyl (C=O) groups is 4. The minimum atomic E-state index is -0.866. The normalized spacial score (nSPS) is 17.6. The molecule has 14 heteroatoms. The third-order valence-electron chi connectivity index (χ3n) is 6.99. The number of amides is 4. The molecule has 0 unspecified atom stereocenters. The lowest BCUT2D eigenvalue weighted by Crippen LogP contribution is -2.56. The molecule has 0 aliphatic carbocycles. The molecule has 2 aliphatic heterocycles. The number of hydrogen-bond donors (Lipinski definition) is 2. The molecule has 4 rings (SSSR count). The average Bonchev–Trinajstić information content (AvgIpc) is 3.35. The minimum absolute atomic E-state index is 0.0153. The zero-order chi connectivity index (χ0) is 30.4. The maximum Gasteiger partial charge on any atom is 0.414 e. The van der Waals surface area contributed by atoms with Crippen molar-refractivity contribution < 1.29 is 37.4 Å². The number of nitrogens with zero attached hydrogens (tertiary/aromatic N) is 4. The summed E-state index contributed by atoms with van der Waals surface area (Å²) in [6, 6.07) is 4.56. The second-order valence-electron chi connectivity index (χ2n) is 10.2. The molecule has 2 fully saturated rings. The van der Waals surface area contributed by atoms with Gasteiger partial charge in [0, 0.05) is 50.7 Å². The van der Waals surface area contributed by atoms with E-state index in [0.717, 1.165) is 17.0 Å². The summed E-state index contributed by atoms with van der Waals surface area (Å²) in [5, 5.41) is 5.24. The average molecular weight is 589 g/mol. The molecule has 0 radical (unpaired) electrons. The van der Waals surface area contributed by atoms with Gasteiger partial charge in [0.25, 0.3) is 5.91 Å². The quantitative estimate of drug-likeness (QED) is 0.457. The van der Waals surface area contributed by atoms with Crippen molar-refractivity contribution in [2.24, 2.45) is 5.92 Å². The second-order valence-corrected chi connectivity index (χ2v) is 10.2. The number of pyridine rings is 1. The highest BCUT2D eigenvalue weighted by Gasteiger charge is 2.35. The van der Waals surface area contributed by atoms with Crippen LogP contribution in [0.25, 0.3) is 0 Å². The number of aromatic nitrogens is 1. The van der Waals surface area contributed by atoms with Crippen LogP contribution >= 0.6 is 0 Å². The molecule has 42 heavy (non-hydrogen) atoms. The molecule has 226 valence electrons. The van der Waals surface area contributed by atoms with Gasteiger partial charge in [-0.3, -0.25) is 19.5 Å². The zero-order valence-corrected chi connectivity index (χ0v) is 23.6. The third kappa shape index (κ3) is 7.04. The van der Waals surface area contributed by atoms with Crippen LogP contribution in [0.4, 0.5) is 29.7 Å². The monoisotopic (exact) mass is 588 g/mol. The highest BCUT2D eigenvalue weighted by atomic mass is 19.1. The molecule has 1 aromatic heterocycles. The number of piperazine rings is 1. The fourth-order valence-electron chi connectivity index (χ4n) is 4.81. The number of alkyl carbamates (subject to hydrolysis) is 1. The van der Waals surface area contributed by atoms with E-state index in [1.165, 1.54) is 11.1 Å². The second kappa shape index (κ2) is 13.4. The van der Waals surface area contributed by atoms with Gasteiger partial charge in [-0.2, -0.15) is 0 Å². The number of halogens is 2. The molecule has 2 N–H and O–H groups in total. The Morgan fingerprint density at radius 1 is 1.14 bits per heavy atom. The third-order valence-corrected chi connectivity index (χ3v) is 6.99. The molecule has 2 aromatic rings. The van der Waals surface area contributed by atoms with Gasteiger partial charge in [-0.05, 0) is 25.0 Å². The van der Waals surface area contributed by atoms with Gasteiger partial charge < -0.3 is 29.9 Å². The maximum atomic E-state index is 15.2. The van der Waals surface area contributed by atoms with Crippen LogP contribution in [0.1, 0.15) is 31.1 Å². The van der Waals surface area contributed by atoms with Gasteiger partial charge in [0.1, 0.15) is 17.8 Å². The van der Waals surface area contributed by atoms with Crippen molar-refractivity contribution in [1.82, 2.24) is 20.5 Å². The molecule has 2 saturated heterocycles. The van der Waals surface area contributed by atoms with E-state index < -0.39 is 41.9 Å². The Bertz CT molecular complexity index is 1280. The Labute approximate surface area is 241 Å². The lowest BCUT2D eigenvalue weighted by atomic mass is 10.0. The van der Waals surface area contributed by atoms with Crippen molar-refractivity contribution in [2.75, 3.05) is 55.7 Å². The van der Waals surface area contributed by atoms with Crippen molar-refractivity contribution in [1.29, 1.82) is 0 Å². The van der Waals surface area contributed by atoms with E-state index in [2.05, 4.69) is 15.6 Å². The summed E-state index contributed by atoms with van der Waals surface area (Å²) < 4.78 is 40.4. The first kappa shape index (κ1) is 30.5. The van der Waals surface area contributed by atoms with Crippen molar-refractivity contribution >= 4 is 35.4 Å². The molecule has 0 bridgehead atoms. The van der Waals surface area contributed by atoms with Gasteiger partial charge in [0.15, 0.2) is 11.6 Å². The number of hydrogen-bond acceptors (Lipinski definition) is 8. The summed E-state index contributed by atoms with van der Waals surface area (Å²) in [6.45, 7) is 6.16. The molecule has 12 nitrogen and oxygen atoms in total. The lowest BCUT2D eigenvalue weighted by molar-refractivity contribution is -0.134. The van der Waals surface area contributed by atoms with E-state index in [-0.39, 0.29) is 69.1 Å². The predicted molar refractivity (Wildman–Crippen MR) is 148 cm³/mol. The zero-order valence-electron chi connectivity index (χ0n) is 23.6. The Morgan fingerprint density at radius 3 is 2.43 bits per heavy atom. The summed E-state index contributed by atoms with van der Waals surface area (Å²) in [6.07, 6.45) is 0.787. The highest BCUT2D eigenvalue weighted by Crippen LogP contribution is 2.31. The fraction of sp³-hybridized carbons (Fsp3) is 0.464. The summed E-state index contributed by atoms with van der Waals surface area (Å²) >= 11 is 0. The van der Waals surface area contributed by atoms with Crippen molar-refractivity contribution in [3.8, 4) is 0 Å². The topological polar surface area (TPSA) is 133 Å². The number of anilines is 2. The van der Waals surface area contributed by atoms with E-state index in [1.807, 2.05) is 13.8 Å². The Balaban J connectivity index is 1.37. The molecule has 0 spiro atoms. The predicted octanol–water partition coefficient (Wildman–Crippen LogP) is 2.53. The summed E-state index contributed by atoms with van der Waals surface area (Å²) in [5.74, 6) is -2.63. The van der Waals surface area contributed by atoms with Crippen LogP contribution in [0.15, 0.2) is 36.7 Å². The maximum absolute atomic E-state index is 15.2. The molecule has 4 amide bonds. The molecule has 1 aromatic carbocycles. The summed E-state index contributed by atoms with van der Waals surface area (Å²) in [7, 11) is 0. The number of nitrogens with one attached hydrogen (secondary N) is 2. The van der Waals surface area contributed by atoms with Gasteiger partial charge in [-0.25, -0.2) is 18.4 Å². The molecule has 2 atom stereocenters. The number of cyclic esters (lactones) is 1. The van der Waals surface area contributed by atoms with Crippen LogP contribution in [-0.2, 0) is 14.3 Å². The van der Waals surface area contributed by atoms with Crippen LogP contribution in [0.5, 0.6) is 0 Å². The molecule has 0 saturated carbocycles. The van der Waals surface area contributed by atoms with Crippen molar-refractivity contribution in [3.05, 3.63) is 53.9 Å². The van der Waals surface area contributed by atoms with E-state index in [0.29, 0.717) is 5.56 Å². The molecule has 2 aliphatic rings. The standard InChI is InChI=1S/C28H34F2N6O6/c1-4-41-27(39)32-15-20-16-36(28(40)42-20)19-12-21(29)24(22(30)13-19)34-8-10-35(11-9-34)26(38)23(17(2)3)33-25(37)18-6-5-7-31-14-18/h5-7,12-14,17,20,23H,4,8-11,15-16H2,1-3H3,(H,32,39)(H,33,37)/t20-,23-/m0/s1. The van der Waals surface area contributed by atoms with Crippen LogP contribution in [0, 0.1) is 17.6 Å². The molecule has 3 heterocycles. The van der Waals surface area contributed by atoms with Gasteiger partial charge in [0.05, 0.1) is 30.9 Å². The Hall–Kier alpha value is -4.49. The van der Waals surface area contributed by atoms with E-state index in [4.69, 9.17) is 9.47 Å². The van der Waals surface area contributed by atoms with Gasteiger partial charge in [-0.1, -0.05) is 13.8 Å². The van der Waals surface area contributed by atoms with E-state index in [1.54, 1.807) is 30.2 Å². The Morgan fingerprint density at radius 2 is 1.83 bits per heavy atom. The van der Waals surface area contributed by atoms with Crippen LogP contribution in [0.2, 0.25) is 0 Å². The number of carbonyl (C=O) groups excluding carboxylic acids is 4. The van der Waals surface area contributed by atoms with Crippen LogP contribution in [-0.4, -0.2) is 91.9 Å². The Kier molecular flexibility index (Phi) is 9.76. The first-order chi connectivity index (χ1) is 20.1. The van der Waals surface area contributed by atoms with Crippen molar-refractivity contribution in [3.63, 3.8) is 0 Å². The highest BCUT2D eigenvalue weighted by molar-refractivity contribution is 5.97. The summed E-state index contributed by atoms with van der Waals surface area (Å²) in [5.41, 5.74) is 0.0563. The van der Waals surface area contributed by atoms with E-state index >= 15 is 8.78 Å². The van der Waals surface area contributed by atoms with Gasteiger partial charge in [-0.15, -0.1) is 0 Å². The van der Waals surface area contributed by atoms with Crippen LogP contribution in [0.3, 0.4) is 0 Å². The first-order valence-corrected chi connectivity index (χ1v) is 13.7. The fourth-order valence-corrected chi connectivity index (χ4v) is 4.81. The van der Waals surface area contributed by atoms with Gasteiger partial charge in [0.2, 0.25) is 5.91 Å². The van der Waals surface area contributed by atoms with Gasteiger partial charge >= 0.3 is 12.2 Å². The molecular weight excluding hydrogens is 554 g/mol. The lowest BCUT2D eigenvalue weighted by Gasteiger charge is -2.38. The number of benzene rings is 1. The van der Waals surface area contributed by atoms with E-state index in [9.17, 15) is 19.2 Å². The van der Waals surface area contributed by atoms with Crippen molar-refractivity contribution in [2.45, 2.75) is 32.9 Å². The number of rotatable bonds is 9. The smallest absolute Gasteiger partial charge is 0.414 e. The molecular formula is C28H34F2N6O6. The largest absolute Gasteiger partial charge is 0.450 e. The summed E-state index contributed by atoms with van der Waals surface area (Å²) in [4.78, 5) is 57.9.